The number of nitrogens with one attached hydrogen (secondary N) is 2. The predicted molar refractivity (Wildman–Crippen MR) is 187 cm³/mol. The summed E-state index contributed by atoms with van der Waals surface area (Å²) < 4.78 is 29.0. The molecule has 0 unspecified atom stereocenters. The number of fused-ring (bicyclic) bond motifs is 1. The van der Waals surface area contributed by atoms with Crippen LogP contribution in [0.1, 0.15) is 69.6 Å². The molecule has 6 aliphatic heterocycles. The number of carbonyl (C=O) groups excluding carboxylic acids is 4. The van der Waals surface area contributed by atoms with Gasteiger partial charge in [0.15, 0.2) is 18.1 Å². The second-order valence-corrected chi connectivity index (χ2v) is 13.5. The second-order valence-electron chi connectivity index (χ2n) is 13.5. The monoisotopic (exact) mass is 713 g/mol. The van der Waals surface area contributed by atoms with Gasteiger partial charge in [-0.25, -0.2) is 4.98 Å². The number of methoxy groups -OCH3 is 3. The number of ether oxygens (including phenoxy) is 5. The molecule has 10 rings (SSSR count). The van der Waals surface area contributed by atoms with Gasteiger partial charge in [0, 0.05) is 37.2 Å². The fraction of sp³-hybridized carbons (Fsp3) is 0.447. The van der Waals surface area contributed by atoms with Gasteiger partial charge in [-0.15, -0.1) is 0 Å². The van der Waals surface area contributed by atoms with Crippen molar-refractivity contribution in [2.75, 3.05) is 41.0 Å². The molecule has 2 aromatic carbocycles. The lowest BCUT2D eigenvalue weighted by molar-refractivity contribution is -0.124. The summed E-state index contributed by atoms with van der Waals surface area (Å²) in [5, 5.41) is 5.94. The summed E-state index contributed by atoms with van der Waals surface area (Å²) in [4.78, 5) is 61.8. The maximum atomic E-state index is 14.2. The van der Waals surface area contributed by atoms with Crippen molar-refractivity contribution in [1.82, 2.24) is 25.4 Å². The lowest BCUT2D eigenvalue weighted by Crippen LogP contribution is -2.46. The van der Waals surface area contributed by atoms with Crippen LogP contribution in [0.3, 0.4) is 0 Å². The first kappa shape index (κ1) is 34.9. The molecule has 1 saturated heterocycles. The van der Waals surface area contributed by atoms with Gasteiger partial charge in [0.2, 0.25) is 11.8 Å². The number of benzene rings is 2. The number of nitrogens with zero attached hydrogens (tertiary/aromatic N) is 3. The minimum Gasteiger partial charge on any atom is -0.496 e. The van der Waals surface area contributed by atoms with Gasteiger partial charge in [-0.1, -0.05) is 18.9 Å². The molecule has 0 radical (unpaired) electrons. The fourth-order valence-electron chi connectivity index (χ4n) is 7.45. The van der Waals surface area contributed by atoms with E-state index in [-0.39, 0.29) is 62.0 Å². The van der Waals surface area contributed by atoms with Crippen LogP contribution in [0.4, 0.5) is 0 Å². The molecule has 7 heterocycles. The summed E-state index contributed by atoms with van der Waals surface area (Å²) in [5.41, 5.74) is 2.81. The molecule has 0 spiro atoms. The molecule has 2 N–H and O–H groups in total. The number of amides is 4. The average Bonchev–Trinajstić information content (AvgIpc) is 3.91. The van der Waals surface area contributed by atoms with Crippen molar-refractivity contribution in [3.8, 4) is 28.9 Å². The Bertz CT molecular complexity index is 1880. The minimum atomic E-state index is -0.671. The van der Waals surface area contributed by atoms with Gasteiger partial charge in [-0.2, -0.15) is 0 Å². The predicted octanol–water partition coefficient (Wildman–Crippen LogP) is 3.04. The Morgan fingerprint density at radius 3 is 2.48 bits per heavy atom. The van der Waals surface area contributed by atoms with Gasteiger partial charge < -0.3 is 44.1 Å². The van der Waals surface area contributed by atoms with Crippen molar-refractivity contribution in [3.63, 3.8) is 0 Å². The highest BCUT2D eigenvalue weighted by molar-refractivity contribution is 6.03. The van der Waals surface area contributed by atoms with Gasteiger partial charge in [-0.3, -0.25) is 19.2 Å². The number of hydrogen-bond donors (Lipinski definition) is 2. The molecule has 4 amide bonds. The summed E-state index contributed by atoms with van der Waals surface area (Å²) in [7, 11) is 4.49. The molecular formula is C38H43N5O9. The Hall–Kier alpha value is -5.53. The molecular weight excluding hydrogens is 670 g/mol. The highest BCUT2D eigenvalue weighted by Gasteiger charge is 2.41. The summed E-state index contributed by atoms with van der Waals surface area (Å²) >= 11 is 0. The van der Waals surface area contributed by atoms with Crippen molar-refractivity contribution in [1.29, 1.82) is 0 Å². The van der Waals surface area contributed by atoms with Crippen LogP contribution in [0.5, 0.6) is 28.9 Å². The molecule has 274 valence electrons. The second kappa shape index (κ2) is 15.0. The third-order valence-corrected chi connectivity index (χ3v) is 10.2. The topological polar surface area (TPSA) is 158 Å². The Morgan fingerprint density at radius 2 is 1.71 bits per heavy atom. The zero-order valence-electron chi connectivity index (χ0n) is 29.6. The van der Waals surface area contributed by atoms with E-state index in [9.17, 15) is 19.2 Å². The molecule has 1 aromatic heterocycles. The number of hydrogen-bond acceptors (Lipinski definition) is 10. The molecule has 1 saturated carbocycles. The first-order chi connectivity index (χ1) is 25.2. The van der Waals surface area contributed by atoms with E-state index < -0.39 is 24.0 Å². The quantitative estimate of drug-likeness (QED) is 0.403. The van der Waals surface area contributed by atoms with Crippen LogP contribution >= 0.6 is 0 Å². The van der Waals surface area contributed by atoms with E-state index in [2.05, 4.69) is 15.6 Å². The van der Waals surface area contributed by atoms with Crippen LogP contribution in [-0.4, -0.2) is 97.6 Å². The standard InChI is InChI=1S/C38H43N5O9/c1-48-31-15-25-11-10-23(31)17-39-34(44)13-9-22-8-12-30(32(14-22)49-2)51-21-35(45)40-29-18-42(20-33(29)52-25)37(46)27-16-26-28(41-36(27)50-3)19-43(38(26)47)24-6-4-5-7-24/h8,10-12,14-16,24,29,33H,4-7,9,13,17-21H2,1-3H3,(H,39,44)(H,40,45)/t29-,33-/m1/s1. The van der Waals surface area contributed by atoms with E-state index >= 15 is 0 Å². The Kier molecular flexibility index (Phi) is 10.1. The number of rotatable bonds is 5. The molecule has 7 aliphatic rings. The lowest BCUT2D eigenvalue weighted by Gasteiger charge is -2.22. The SMILES string of the molecule is COc1cc2ccc1CNC(=O)CCc1ccc(c(OC)c1)OCC(=O)N[C@@H]1CN(C(=O)c3cc4c(nc3OC)CN(C3CCCC3)C4=O)C[C@H]1O2. The molecule has 14 heteroatoms. The first-order valence-electron chi connectivity index (χ1n) is 17.6. The number of aromatic nitrogens is 1. The van der Waals surface area contributed by atoms with Crippen molar-refractivity contribution in [3.05, 3.63) is 70.4 Å². The van der Waals surface area contributed by atoms with Gasteiger partial charge in [-0.05, 0) is 55.2 Å². The van der Waals surface area contributed by atoms with Crippen LogP contribution in [0.15, 0.2) is 42.5 Å². The third-order valence-electron chi connectivity index (χ3n) is 10.2. The summed E-state index contributed by atoms with van der Waals surface area (Å²) in [6.07, 6.45) is 4.16. The molecule has 4 bridgehead atoms. The third kappa shape index (κ3) is 7.14. The van der Waals surface area contributed by atoms with Crippen molar-refractivity contribution >= 4 is 23.6 Å². The van der Waals surface area contributed by atoms with Crippen LogP contribution < -0.4 is 34.3 Å². The summed E-state index contributed by atoms with van der Waals surface area (Å²) in [6, 6.07) is 11.7. The molecule has 2 atom stereocenters. The molecule has 2 fully saturated rings. The normalized spacial score (nSPS) is 20.8. The largest absolute Gasteiger partial charge is 0.496 e. The number of aryl methyl sites for hydroxylation is 1. The zero-order chi connectivity index (χ0) is 36.4. The van der Waals surface area contributed by atoms with Crippen LogP contribution in [0.2, 0.25) is 0 Å². The molecule has 3 aromatic rings. The van der Waals surface area contributed by atoms with E-state index in [0.29, 0.717) is 47.2 Å². The van der Waals surface area contributed by atoms with Crippen LogP contribution in [0, 0.1) is 0 Å². The number of pyridine rings is 1. The maximum absolute atomic E-state index is 14.2. The Balaban J connectivity index is 1.16. The van der Waals surface area contributed by atoms with Crippen LogP contribution in [0.25, 0.3) is 0 Å². The Morgan fingerprint density at radius 1 is 0.904 bits per heavy atom. The van der Waals surface area contributed by atoms with Gasteiger partial charge in [0.05, 0.1) is 51.7 Å². The minimum absolute atomic E-state index is 0.108. The van der Waals surface area contributed by atoms with Crippen molar-refractivity contribution in [2.24, 2.45) is 0 Å². The van der Waals surface area contributed by atoms with Crippen molar-refractivity contribution in [2.45, 2.75) is 69.8 Å². The highest BCUT2D eigenvalue weighted by Crippen LogP contribution is 2.35. The highest BCUT2D eigenvalue weighted by atomic mass is 16.5. The zero-order valence-corrected chi connectivity index (χ0v) is 29.6. The van der Waals surface area contributed by atoms with Gasteiger partial charge in [0.25, 0.3) is 17.7 Å². The maximum Gasteiger partial charge on any atom is 0.259 e. The average molecular weight is 714 g/mol. The molecule has 52 heavy (non-hydrogen) atoms. The fourth-order valence-corrected chi connectivity index (χ4v) is 7.45. The number of likely N-dealkylation sites (tertiary alicyclic amines) is 1. The van der Waals surface area contributed by atoms with Crippen LogP contribution in [-0.2, 0) is 29.1 Å². The molecule has 1 aliphatic carbocycles. The van der Waals surface area contributed by atoms with E-state index in [4.69, 9.17) is 23.7 Å². The summed E-state index contributed by atoms with van der Waals surface area (Å²) in [6.45, 7) is 0.545. The van der Waals surface area contributed by atoms with Gasteiger partial charge >= 0.3 is 0 Å². The van der Waals surface area contributed by atoms with Crippen molar-refractivity contribution < 1.29 is 42.9 Å². The van der Waals surface area contributed by atoms with E-state index in [1.165, 1.54) is 21.3 Å². The molecule has 14 nitrogen and oxygen atoms in total. The number of carbonyl (C=O) groups is 4. The Labute approximate surface area is 301 Å². The van der Waals surface area contributed by atoms with Gasteiger partial charge in [0.1, 0.15) is 23.2 Å². The van der Waals surface area contributed by atoms with E-state index in [1.54, 1.807) is 35.2 Å². The summed E-state index contributed by atoms with van der Waals surface area (Å²) in [5.74, 6) is 0.838. The first-order valence-corrected chi connectivity index (χ1v) is 17.6. The lowest BCUT2D eigenvalue weighted by atomic mass is 10.1. The van der Waals surface area contributed by atoms with E-state index in [0.717, 1.165) is 36.8 Å². The smallest absolute Gasteiger partial charge is 0.259 e. The van der Waals surface area contributed by atoms with E-state index in [1.807, 2.05) is 17.0 Å².